The van der Waals surface area contributed by atoms with Gasteiger partial charge in [0.15, 0.2) is 5.82 Å². The number of carbonyl (C=O) groups excluding carboxylic acids is 3. The summed E-state index contributed by atoms with van der Waals surface area (Å²) in [6.45, 7) is 13.2. The first-order valence-electron chi connectivity index (χ1n) is 25.2. The van der Waals surface area contributed by atoms with Crippen LogP contribution in [0.15, 0.2) is 76.6 Å². The highest BCUT2D eigenvalue weighted by atomic mass is 19.1. The molecule has 8 heterocycles. The number of hydrogen-bond donors (Lipinski definition) is 2. The number of rotatable bonds is 11. The third kappa shape index (κ3) is 9.08. The smallest absolute Gasteiger partial charge is 0.329 e. The van der Waals surface area contributed by atoms with Crippen molar-refractivity contribution in [2.45, 2.75) is 77.5 Å². The Morgan fingerprint density at radius 3 is 2.40 bits per heavy atom. The van der Waals surface area contributed by atoms with Gasteiger partial charge in [-0.15, -0.1) is 0 Å². The zero-order valence-corrected chi connectivity index (χ0v) is 41.9. The number of nitrogens with zero attached hydrogens (tertiary/aromatic N) is 9. The number of hydrogen-bond acceptors (Lipinski definition) is 10. The number of carbonyl (C=O) groups is 3. The number of aryl methyl sites for hydroxylation is 3. The highest BCUT2D eigenvalue weighted by Gasteiger charge is 2.33. The van der Waals surface area contributed by atoms with E-state index in [1.807, 2.05) is 53.8 Å². The summed E-state index contributed by atoms with van der Waals surface area (Å²) < 4.78 is 37.4. The zero-order valence-electron chi connectivity index (χ0n) is 41.9. The number of amides is 3. The molecule has 2 aromatic carbocycles. The third-order valence-electron chi connectivity index (χ3n) is 15.9. The molecule has 0 radical (unpaired) electrons. The van der Waals surface area contributed by atoms with Crippen molar-refractivity contribution in [3.05, 3.63) is 127 Å². The molecule has 3 fully saturated rings. The van der Waals surface area contributed by atoms with Gasteiger partial charge in [-0.05, 0) is 105 Å². The predicted molar refractivity (Wildman–Crippen MR) is 273 cm³/mol. The summed E-state index contributed by atoms with van der Waals surface area (Å²) in [5.41, 5.74) is 6.83. The normalized spacial score (nSPS) is 20.3. The van der Waals surface area contributed by atoms with E-state index >= 15 is 4.39 Å². The van der Waals surface area contributed by atoms with Crippen LogP contribution in [0, 0.1) is 24.5 Å². The lowest BCUT2D eigenvalue weighted by molar-refractivity contribution is -0.135. The van der Waals surface area contributed by atoms with Crippen LogP contribution in [-0.2, 0) is 30.2 Å². The van der Waals surface area contributed by atoms with Gasteiger partial charge in [0.25, 0.3) is 11.5 Å². The number of piperazine rings is 1. The van der Waals surface area contributed by atoms with Gasteiger partial charge < -0.3 is 14.8 Å². The van der Waals surface area contributed by atoms with E-state index in [0.717, 1.165) is 78.9 Å². The molecule has 0 saturated carbocycles. The second-order valence-corrected chi connectivity index (χ2v) is 20.3. The predicted octanol–water partition coefficient (Wildman–Crippen LogP) is 5.89. The molecule has 16 nitrogen and oxygen atoms in total. The zero-order chi connectivity index (χ0) is 50.7. The standard InChI is InChI=1S/C54H63F2N11O5/c1-32-23-38(25-40(55)50(32)37-14-19-63(20-15-37)34(3)46-26-39-43(11-16-58-51(39)60(46)5)66-31-41(56)42(57-4)27-49(66)69)53(71)64-17-12-35(13-18-64)30-65-22-21-62(28-33(65)2)29-36-7-8-44-47(24-36)61(6)54(72)67(44)45-9-10-48(68)59-52(45)70/h7-8,11,14,16,23-27,31,33-35,45,57H,9-10,12-13,15,17-22,28-30H2,1-6H3,(H,59,68,70)/t33-,34-,45-/m0/s1. The maximum Gasteiger partial charge on any atom is 0.329 e. The molecule has 4 aliphatic rings. The second-order valence-electron chi connectivity index (χ2n) is 20.3. The number of pyridine rings is 2. The largest absolute Gasteiger partial charge is 0.386 e. The lowest BCUT2D eigenvalue weighted by Crippen LogP contribution is -2.53. The monoisotopic (exact) mass is 983 g/mol. The SMILES string of the molecule is CNc1cc(=O)n(-c2ccnc3c2cc([C@H](C)N2CC=C(c4c(C)cc(C(=O)N5CCC(CN6CCN(Cc7ccc8c(c7)n(C)c(=O)n8[C@H]7CCC(=O)NC7=O)C[C@@H]6C)CC5)cc4F)CC2)n3C)cc1F. The van der Waals surface area contributed by atoms with Crippen molar-refractivity contribution in [3.8, 4) is 5.69 Å². The van der Waals surface area contributed by atoms with Gasteiger partial charge in [0.05, 0.1) is 28.6 Å². The number of fused-ring (bicyclic) bond motifs is 2. The minimum absolute atomic E-state index is 0.0471. The van der Waals surface area contributed by atoms with Gasteiger partial charge in [-0.25, -0.2) is 18.6 Å². The van der Waals surface area contributed by atoms with Gasteiger partial charge in [0, 0.05) is 133 Å². The molecule has 0 unspecified atom stereocenters. The van der Waals surface area contributed by atoms with E-state index in [1.54, 1.807) is 30.9 Å². The number of nitrogens with one attached hydrogen (secondary N) is 2. The maximum atomic E-state index is 16.1. The Labute approximate surface area is 416 Å². The molecule has 3 atom stereocenters. The number of aromatic nitrogens is 5. The van der Waals surface area contributed by atoms with Crippen LogP contribution in [-0.4, -0.2) is 126 Å². The highest BCUT2D eigenvalue weighted by molar-refractivity contribution is 6.00. The van der Waals surface area contributed by atoms with Crippen LogP contribution in [0.25, 0.3) is 33.3 Å². The van der Waals surface area contributed by atoms with Crippen molar-refractivity contribution in [3.63, 3.8) is 0 Å². The van der Waals surface area contributed by atoms with E-state index in [1.165, 1.54) is 27.5 Å². The van der Waals surface area contributed by atoms with Crippen molar-refractivity contribution < 1.29 is 23.2 Å². The average Bonchev–Trinajstić information content (AvgIpc) is 3.83. The molecule has 3 amide bonds. The summed E-state index contributed by atoms with van der Waals surface area (Å²) in [7, 11) is 5.22. The van der Waals surface area contributed by atoms with Crippen LogP contribution >= 0.6 is 0 Å². The Balaban J connectivity index is 0.722. The summed E-state index contributed by atoms with van der Waals surface area (Å²) in [5, 5.41) is 5.82. The molecule has 18 heteroatoms. The van der Waals surface area contributed by atoms with Gasteiger partial charge in [-0.2, -0.15) is 0 Å². The lowest BCUT2D eigenvalue weighted by Gasteiger charge is -2.42. The van der Waals surface area contributed by atoms with Gasteiger partial charge in [-0.1, -0.05) is 12.1 Å². The fourth-order valence-electron chi connectivity index (χ4n) is 11.8. The highest BCUT2D eigenvalue weighted by Crippen LogP contribution is 2.35. The van der Waals surface area contributed by atoms with Gasteiger partial charge in [0.2, 0.25) is 11.8 Å². The van der Waals surface area contributed by atoms with E-state index in [2.05, 4.69) is 50.2 Å². The molecular formula is C54H63F2N11O5. The summed E-state index contributed by atoms with van der Waals surface area (Å²) >= 11 is 0. The summed E-state index contributed by atoms with van der Waals surface area (Å²) in [5.74, 6) is -1.35. The Bertz CT molecular complexity index is 3270. The van der Waals surface area contributed by atoms with Crippen LogP contribution in [0.1, 0.15) is 90.8 Å². The molecule has 3 saturated heterocycles. The molecule has 0 spiro atoms. The molecule has 378 valence electrons. The molecular weight excluding hydrogens is 921 g/mol. The molecule has 10 rings (SSSR count). The van der Waals surface area contributed by atoms with Crippen LogP contribution in [0.3, 0.4) is 0 Å². The van der Waals surface area contributed by atoms with E-state index in [4.69, 9.17) is 0 Å². The summed E-state index contributed by atoms with van der Waals surface area (Å²) in [4.78, 5) is 78.4. The number of benzene rings is 2. The van der Waals surface area contributed by atoms with Gasteiger partial charge in [-0.3, -0.25) is 52.9 Å². The fraction of sp³-hybridized carbons (Fsp3) is 0.444. The number of likely N-dealkylation sites (tertiary alicyclic amines) is 1. The number of anilines is 1. The molecule has 0 bridgehead atoms. The molecule has 0 aliphatic carbocycles. The van der Waals surface area contributed by atoms with E-state index in [9.17, 15) is 28.4 Å². The lowest BCUT2D eigenvalue weighted by atomic mass is 9.92. The van der Waals surface area contributed by atoms with Crippen molar-refractivity contribution in [1.82, 2.24) is 48.2 Å². The second kappa shape index (κ2) is 19.7. The quantitative estimate of drug-likeness (QED) is 0.150. The van der Waals surface area contributed by atoms with Gasteiger partial charge in [0.1, 0.15) is 17.5 Å². The number of halogens is 2. The fourth-order valence-corrected chi connectivity index (χ4v) is 11.8. The number of piperidine rings is 2. The van der Waals surface area contributed by atoms with Crippen LogP contribution in [0.5, 0.6) is 0 Å². The maximum absolute atomic E-state index is 16.1. The first kappa shape index (κ1) is 48.8. The van der Waals surface area contributed by atoms with E-state index < -0.39 is 17.8 Å². The Hall–Kier alpha value is -6.76. The first-order valence-corrected chi connectivity index (χ1v) is 25.2. The molecule has 4 aromatic heterocycles. The van der Waals surface area contributed by atoms with E-state index in [-0.39, 0.29) is 47.0 Å². The van der Waals surface area contributed by atoms with Crippen LogP contribution < -0.4 is 21.9 Å². The average molecular weight is 984 g/mol. The van der Waals surface area contributed by atoms with Crippen molar-refractivity contribution in [1.29, 1.82) is 0 Å². The molecule has 72 heavy (non-hydrogen) atoms. The molecule has 4 aliphatic heterocycles. The van der Waals surface area contributed by atoms with Crippen molar-refractivity contribution >= 4 is 51.0 Å². The Morgan fingerprint density at radius 1 is 0.903 bits per heavy atom. The van der Waals surface area contributed by atoms with E-state index in [0.29, 0.717) is 79.0 Å². The molecule has 6 aromatic rings. The topological polar surface area (TPSA) is 155 Å². The third-order valence-corrected chi connectivity index (χ3v) is 15.9. The Morgan fingerprint density at radius 2 is 1.69 bits per heavy atom. The Kier molecular flexibility index (Phi) is 13.4. The number of imidazole rings is 1. The van der Waals surface area contributed by atoms with Crippen LogP contribution in [0.4, 0.5) is 14.5 Å². The van der Waals surface area contributed by atoms with Crippen LogP contribution in [0.2, 0.25) is 0 Å². The molecule has 2 N–H and O–H groups in total. The minimum Gasteiger partial charge on any atom is -0.386 e. The summed E-state index contributed by atoms with van der Waals surface area (Å²) in [6.07, 6.45) is 7.80. The first-order chi connectivity index (χ1) is 34.6. The number of imide groups is 1. The van der Waals surface area contributed by atoms with Crippen molar-refractivity contribution in [2.75, 3.05) is 64.7 Å². The summed E-state index contributed by atoms with van der Waals surface area (Å²) in [6, 6.07) is 13.8. The minimum atomic E-state index is -0.713. The van der Waals surface area contributed by atoms with Crippen molar-refractivity contribution in [2.24, 2.45) is 20.0 Å². The van der Waals surface area contributed by atoms with Gasteiger partial charge >= 0.3 is 5.69 Å².